The van der Waals surface area contributed by atoms with Gasteiger partial charge < -0.3 is 4.90 Å². The Hall–Kier alpha value is -7.00. The van der Waals surface area contributed by atoms with Gasteiger partial charge in [-0.05, 0) is 118 Å². The summed E-state index contributed by atoms with van der Waals surface area (Å²) in [4.78, 5) is 2.58. The molecule has 3 aliphatic heterocycles. The lowest BCUT2D eigenvalue weighted by Crippen LogP contribution is -2.70. The second-order valence-electron chi connectivity index (χ2n) is 17.5. The molecule has 0 bridgehead atoms. The molecule has 0 saturated heterocycles. The lowest BCUT2D eigenvalue weighted by atomic mass is 9.53. The summed E-state index contributed by atoms with van der Waals surface area (Å²) in [6.07, 6.45) is 0. The maximum atomic E-state index is 2.59. The molecule has 282 valence electrons. The minimum Gasteiger partial charge on any atom is -0.310 e. The van der Waals surface area contributed by atoms with Crippen molar-refractivity contribution in [2.24, 2.45) is 0 Å². The highest BCUT2D eigenvalue weighted by atomic mass is 28.3. The van der Waals surface area contributed by atoms with Crippen molar-refractivity contribution in [3.05, 3.63) is 246 Å². The Kier molecular flexibility index (Phi) is 6.80. The van der Waals surface area contributed by atoms with Crippen LogP contribution in [0.25, 0.3) is 33.4 Å². The molecule has 9 aromatic rings. The largest absolute Gasteiger partial charge is 0.310 e. The van der Waals surface area contributed by atoms with Crippen LogP contribution in [-0.4, -0.2) is 8.07 Å². The van der Waals surface area contributed by atoms with Gasteiger partial charge in [0.1, 0.15) is 0 Å². The number of anilines is 3. The highest BCUT2D eigenvalue weighted by Crippen LogP contribution is 2.63. The van der Waals surface area contributed by atoms with Crippen LogP contribution in [0, 0.1) is 0 Å². The highest BCUT2D eigenvalue weighted by molar-refractivity contribution is 7.24. The molecule has 0 fully saturated rings. The number of hydrogen-bond acceptors (Lipinski definition) is 1. The molecule has 1 aliphatic carbocycles. The number of hydrogen-bond donors (Lipinski definition) is 0. The lowest BCUT2D eigenvalue weighted by Gasteiger charge is -2.52. The number of rotatable bonds is 2. The van der Waals surface area contributed by atoms with E-state index in [1.54, 1.807) is 0 Å². The molecule has 2 spiro atoms. The van der Waals surface area contributed by atoms with Gasteiger partial charge in [-0.3, -0.25) is 0 Å². The van der Waals surface area contributed by atoms with Crippen LogP contribution in [0.5, 0.6) is 0 Å². The summed E-state index contributed by atoms with van der Waals surface area (Å²) in [7, 11) is -2.64. The molecule has 2 heteroatoms. The Labute approximate surface area is 352 Å². The van der Waals surface area contributed by atoms with Gasteiger partial charge in [0.15, 0.2) is 8.07 Å². The summed E-state index contributed by atoms with van der Waals surface area (Å²) in [5, 5.41) is 5.98. The van der Waals surface area contributed by atoms with E-state index in [0.29, 0.717) is 0 Å². The first-order valence-electron chi connectivity index (χ1n) is 21.3. The molecule has 3 heterocycles. The van der Waals surface area contributed by atoms with E-state index in [2.05, 4.69) is 231 Å². The normalized spacial score (nSPS) is 15.9. The minimum absolute atomic E-state index is 0.199. The van der Waals surface area contributed by atoms with Crippen molar-refractivity contribution >= 4 is 45.9 Å². The van der Waals surface area contributed by atoms with Gasteiger partial charge in [-0.15, -0.1) is 0 Å². The molecule has 9 aromatic carbocycles. The van der Waals surface area contributed by atoms with E-state index in [0.717, 1.165) is 0 Å². The fourth-order valence-corrected chi connectivity index (χ4v) is 17.8. The zero-order chi connectivity index (χ0) is 39.8. The molecule has 60 heavy (non-hydrogen) atoms. The molecule has 13 rings (SSSR count). The molecular weight excluding hydrogens is 739 g/mol. The average molecular weight is 780 g/mol. The number of benzene rings is 9. The fourth-order valence-electron chi connectivity index (χ4n) is 12.2. The van der Waals surface area contributed by atoms with Crippen LogP contribution in [-0.2, 0) is 10.8 Å². The zero-order valence-electron chi connectivity index (χ0n) is 33.7. The first-order valence-corrected chi connectivity index (χ1v) is 23.3. The van der Waals surface area contributed by atoms with Crippen molar-refractivity contribution in [2.45, 2.75) is 24.7 Å². The zero-order valence-corrected chi connectivity index (χ0v) is 34.7. The summed E-state index contributed by atoms with van der Waals surface area (Å²) in [5.41, 5.74) is 19.0. The fraction of sp³-hybridized carbons (Fsp3) is 0.0690. The van der Waals surface area contributed by atoms with Crippen molar-refractivity contribution < 1.29 is 0 Å². The van der Waals surface area contributed by atoms with Crippen LogP contribution in [0.3, 0.4) is 0 Å². The first-order chi connectivity index (χ1) is 29.5. The standard InChI is InChI=1S/C58H41NSi/c1-57(2)45-23-9-10-24-47(45)58(50-36-39(32-35-46(50)57)38-18-4-3-5-19-38)48-25-11-13-27-51(48)59(52-28-14-12-26-49(52)58)40-33-34-44-43-22-8-17-31-55(43)60(56(44)37-40)53-29-15-6-20-41(53)42-21-7-16-30-54(42)60/h3-37H,1-2H3. The van der Waals surface area contributed by atoms with E-state index >= 15 is 0 Å². The Balaban J connectivity index is 1.11. The van der Waals surface area contributed by atoms with Gasteiger partial charge in [-0.25, -0.2) is 0 Å². The second-order valence-corrected chi connectivity index (χ2v) is 21.2. The molecule has 0 atom stereocenters. The third-order valence-corrected chi connectivity index (χ3v) is 19.5. The summed E-state index contributed by atoms with van der Waals surface area (Å²) in [5.74, 6) is 0. The highest BCUT2D eigenvalue weighted by Gasteiger charge is 2.56. The van der Waals surface area contributed by atoms with Crippen LogP contribution in [0.4, 0.5) is 17.1 Å². The predicted octanol–water partition coefficient (Wildman–Crippen LogP) is 11.5. The average Bonchev–Trinajstić information content (AvgIpc) is 3.78. The molecule has 0 amide bonds. The molecule has 0 saturated carbocycles. The van der Waals surface area contributed by atoms with Crippen molar-refractivity contribution in [3.63, 3.8) is 0 Å². The Morgan fingerprint density at radius 3 is 1.40 bits per heavy atom. The van der Waals surface area contributed by atoms with Crippen LogP contribution in [0.2, 0.25) is 0 Å². The molecular formula is C58H41NSi. The SMILES string of the molecule is CC1(C)c2ccccc2C2(c3ccccc3N(c3ccc4c(c3)[Si]3(c5ccccc5-c5ccccc53)c3ccccc3-4)c3ccccc32)c2cc(-c3ccccc3)ccc21. The minimum atomic E-state index is -2.64. The van der Waals surface area contributed by atoms with Crippen molar-refractivity contribution in [1.29, 1.82) is 0 Å². The van der Waals surface area contributed by atoms with Crippen molar-refractivity contribution in [1.82, 2.24) is 0 Å². The lowest BCUT2D eigenvalue weighted by molar-refractivity contribution is 0.556. The molecule has 0 N–H and O–H groups in total. The Morgan fingerprint density at radius 1 is 0.333 bits per heavy atom. The van der Waals surface area contributed by atoms with E-state index in [1.807, 2.05) is 0 Å². The quantitative estimate of drug-likeness (QED) is 0.158. The van der Waals surface area contributed by atoms with E-state index in [4.69, 9.17) is 0 Å². The van der Waals surface area contributed by atoms with E-state index in [-0.39, 0.29) is 5.41 Å². The molecule has 0 unspecified atom stereocenters. The Morgan fingerprint density at radius 2 is 0.800 bits per heavy atom. The molecule has 1 nitrogen and oxygen atoms in total. The third-order valence-electron chi connectivity index (χ3n) is 14.5. The number of para-hydroxylation sites is 2. The van der Waals surface area contributed by atoms with Gasteiger partial charge in [0.05, 0.1) is 16.8 Å². The summed E-state index contributed by atoms with van der Waals surface area (Å²) < 4.78 is 0. The first kappa shape index (κ1) is 33.9. The van der Waals surface area contributed by atoms with Gasteiger partial charge in [-0.2, -0.15) is 0 Å². The maximum Gasteiger partial charge on any atom is 0.182 e. The summed E-state index contributed by atoms with van der Waals surface area (Å²) in [6, 6.07) is 81.1. The van der Waals surface area contributed by atoms with Gasteiger partial charge in [0.2, 0.25) is 0 Å². The third kappa shape index (κ3) is 4.07. The van der Waals surface area contributed by atoms with Crippen LogP contribution >= 0.6 is 0 Å². The van der Waals surface area contributed by atoms with Gasteiger partial charge in [0, 0.05) is 11.1 Å². The monoisotopic (exact) mass is 779 g/mol. The molecule has 0 radical (unpaired) electrons. The van der Waals surface area contributed by atoms with Crippen LogP contribution in [0.1, 0.15) is 47.2 Å². The number of nitrogens with zero attached hydrogens (tertiary/aromatic N) is 1. The van der Waals surface area contributed by atoms with E-state index in [1.165, 1.54) is 105 Å². The van der Waals surface area contributed by atoms with Crippen molar-refractivity contribution in [3.8, 4) is 33.4 Å². The van der Waals surface area contributed by atoms with Crippen molar-refractivity contribution in [2.75, 3.05) is 4.90 Å². The smallest absolute Gasteiger partial charge is 0.182 e. The molecule has 0 aromatic heterocycles. The predicted molar refractivity (Wildman–Crippen MR) is 252 cm³/mol. The van der Waals surface area contributed by atoms with Crippen LogP contribution in [0.15, 0.2) is 212 Å². The number of fused-ring (bicyclic) bond motifs is 18. The second kappa shape index (κ2) is 12.0. The maximum absolute atomic E-state index is 2.64. The van der Waals surface area contributed by atoms with Gasteiger partial charge in [-0.1, -0.05) is 196 Å². The Bertz CT molecular complexity index is 3150. The van der Waals surface area contributed by atoms with Gasteiger partial charge >= 0.3 is 0 Å². The van der Waals surface area contributed by atoms with Gasteiger partial charge in [0.25, 0.3) is 0 Å². The van der Waals surface area contributed by atoms with Crippen LogP contribution < -0.4 is 25.6 Å². The van der Waals surface area contributed by atoms with E-state index < -0.39 is 13.5 Å². The topological polar surface area (TPSA) is 3.24 Å². The van der Waals surface area contributed by atoms with E-state index in [9.17, 15) is 0 Å². The molecule has 4 aliphatic rings. The summed E-state index contributed by atoms with van der Waals surface area (Å²) >= 11 is 0. The summed E-state index contributed by atoms with van der Waals surface area (Å²) in [6.45, 7) is 4.82.